The van der Waals surface area contributed by atoms with Crippen LogP contribution in [-0.2, 0) is 9.59 Å². The van der Waals surface area contributed by atoms with E-state index in [9.17, 15) is 14.7 Å². The molecule has 1 heterocycles. The Hall–Kier alpha value is -0.750. The summed E-state index contributed by atoms with van der Waals surface area (Å²) in [6.45, 7) is 6.28. The molecule has 1 atom stereocenters. The number of aliphatic carboxylic acids is 1. The third kappa shape index (κ3) is 3.62. The monoisotopic (exact) mass is 274 g/mol. The normalized spacial score (nSPS) is 20.5. The summed E-state index contributed by atoms with van der Waals surface area (Å²) in [4.78, 5) is 24.9. The maximum Gasteiger partial charge on any atom is 0.329 e. The van der Waals surface area contributed by atoms with Gasteiger partial charge in [-0.3, -0.25) is 4.79 Å². The number of carboxylic acids is 1. The van der Waals surface area contributed by atoms with Crippen LogP contribution in [0.1, 0.15) is 27.2 Å². The van der Waals surface area contributed by atoms with Crippen molar-refractivity contribution in [1.82, 2.24) is 10.2 Å². The molecule has 0 aromatic rings. The average molecular weight is 274 g/mol. The largest absolute Gasteiger partial charge is 0.480 e. The van der Waals surface area contributed by atoms with Crippen molar-refractivity contribution in [2.75, 3.05) is 24.6 Å². The number of nitrogens with one attached hydrogen (secondary N) is 1. The summed E-state index contributed by atoms with van der Waals surface area (Å²) in [5.74, 6) is 0.924. The number of carboxylic acid groups (broad SMARTS) is 1. The van der Waals surface area contributed by atoms with E-state index < -0.39 is 11.5 Å². The van der Waals surface area contributed by atoms with Gasteiger partial charge in [-0.2, -0.15) is 11.8 Å². The molecule has 0 bridgehead atoms. The Balaban J connectivity index is 2.64. The van der Waals surface area contributed by atoms with Gasteiger partial charge in [-0.25, -0.2) is 4.79 Å². The maximum atomic E-state index is 12.2. The SMILES string of the molecule is CCN(C(=O)CC1CSCCN1)C(C)(C)C(=O)O. The number of carbonyl (C=O) groups excluding carboxylic acids is 1. The van der Waals surface area contributed by atoms with Crippen LogP contribution in [0.3, 0.4) is 0 Å². The van der Waals surface area contributed by atoms with E-state index in [2.05, 4.69) is 5.32 Å². The first-order valence-corrected chi connectivity index (χ1v) is 7.40. The molecule has 2 N–H and O–H groups in total. The molecule has 6 heteroatoms. The Morgan fingerprint density at radius 2 is 2.17 bits per heavy atom. The summed E-state index contributed by atoms with van der Waals surface area (Å²) in [5.41, 5.74) is -1.15. The molecule has 104 valence electrons. The van der Waals surface area contributed by atoms with Crippen molar-refractivity contribution < 1.29 is 14.7 Å². The highest BCUT2D eigenvalue weighted by Crippen LogP contribution is 2.18. The van der Waals surface area contributed by atoms with Crippen molar-refractivity contribution >= 4 is 23.6 Å². The zero-order valence-corrected chi connectivity index (χ0v) is 12.0. The minimum atomic E-state index is -1.15. The summed E-state index contributed by atoms with van der Waals surface area (Å²) < 4.78 is 0. The lowest BCUT2D eigenvalue weighted by atomic mass is 10.0. The second-order valence-corrected chi connectivity index (χ2v) is 6.08. The van der Waals surface area contributed by atoms with Crippen LogP contribution in [0.2, 0.25) is 0 Å². The summed E-state index contributed by atoms with van der Waals surface area (Å²) >= 11 is 1.83. The van der Waals surface area contributed by atoms with Crippen molar-refractivity contribution in [2.45, 2.75) is 38.8 Å². The summed E-state index contributed by atoms with van der Waals surface area (Å²) in [7, 11) is 0. The van der Waals surface area contributed by atoms with Gasteiger partial charge in [-0.1, -0.05) is 0 Å². The standard InChI is InChI=1S/C12H22N2O3S/c1-4-14(12(2,3)11(16)17)10(15)7-9-8-18-6-5-13-9/h9,13H,4-8H2,1-3H3,(H,16,17). The predicted molar refractivity (Wildman–Crippen MR) is 72.8 cm³/mol. The minimum Gasteiger partial charge on any atom is -0.480 e. The summed E-state index contributed by atoms with van der Waals surface area (Å²) in [6.07, 6.45) is 0.373. The van der Waals surface area contributed by atoms with Gasteiger partial charge >= 0.3 is 5.97 Å². The molecular weight excluding hydrogens is 252 g/mol. The molecule has 0 aromatic heterocycles. The van der Waals surface area contributed by atoms with Gasteiger partial charge in [0.15, 0.2) is 0 Å². The van der Waals surface area contributed by atoms with Crippen LogP contribution < -0.4 is 5.32 Å². The highest BCUT2D eigenvalue weighted by atomic mass is 32.2. The van der Waals surface area contributed by atoms with E-state index in [0.717, 1.165) is 18.1 Å². The van der Waals surface area contributed by atoms with Crippen molar-refractivity contribution in [3.63, 3.8) is 0 Å². The molecule has 0 spiro atoms. The number of hydrogen-bond acceptors (Lipinski definition) is 4. The minimum absolute atomic E-state index is 0.0927. The van der Waals surface area contributed by atoms with E-state index in [1.165, 1.54) is 4.90 Å². The lowest BCUT2D eigenvalue weighted by Crippen LogP contribution is -2.54. The fraction of sp³-hybridized carbons (Fsp3) is 0.833. The van der Waals surface area contributed by atoms with Gasteiger partial charge in [0.2, 0.25) is 5.91 Å². The topological polar surface area (TPSA) is 69.6 Å². The summed E-state index contributed by atoms with van der Waals surface area (Å²) in [6, 6.07) is 0.162. The third-order valence-electron chi connectivity index (χ3n) is 3.23. The van der Waals surface area contributed by atoms with Crippen LogP contribution in [0.4, 0.5) is 0 Å². The fourth-order valence-corrected chi connectivity index (χ4v) is 3.02. The lowest BCUT2D eigenvalue weighted by molar-refractivity contribution is -0.156. The molecule has 1 saturated heterocycles. The number of thioether (sulfide) groups is 1. The van der Waals surface area contributed by atoms with Crippen molar-refractivity contribution in [1.29, 1.82) is 0 Å². The molecule has 0 aromatic carbocycles. The van der Waals surface area contributed by atoms with Crippen molar-refractivity contribution in [3.05, 3.63) is 0 Å². The maximum absolute atomic E-state index is 12.2. The van der Waals surface area contributed by atoms with Crippen molar-refractivity contribution in [2.24, 2.45) is 0 Å². The van der Waals surface area contributed by atoms with Crippen LogP contribution in [0.25, 0.3) is 0 Å². The fourth-order valence-electron chi connectivity index (χ4n) is 2.07. The second-order valence-electron chi connectivity index (χ2n) is 4.93. The molecular formula is C12H22N2O3S. The highest BCUT2D eigenvalue weighted by molar-refractivity contribution is 7.99. The van der Waals surface area contributed by atoms with Crippen LogP contribution in [0.15, 0.2) is 0 Å². The number of likely N-dealkylation sites (N-methyl/N-ethyl adjacent to an activating group) is 1. The Labute approximate surface area is 112 Å². The molecule has 1 aliphatic heterocycles. The van der Waals surface area contributed by atoms with E-state index in [0.29, 0.717) is 13.0 Å². The average Bonchev–Trinajstić information content (AvgIpc) is 2.30. The molecule has 5 nitrogen and oxygen atoms in total. The number of carbonyl (C=O) groups is 2. The molecule has 1 fully saturated rings. The van der Waals surface area contributed by atoms with Gasteiger partial charge in [0.25, 0.3) is 0 Å². The third-order valence-corrected chi connectivity index (χ3v) is 4.37. The van der Waals surface area contributed by atoms with E-state index in [1.807, 2.05) is 18.7 Å². The smallest absolute Gasteiger partial charge is 0.329 e. The molecule has 0 radical (unpaired) electrons. The van der Waals surface area contributed by atoms with Crippen molar-refractivity contribution in [3.8, 4) is 0 Å². The number of hydrogen-bond donors (Lipinski definition) is 2. The number of nitrogens with zero attached hydrogens (tertiary/aromatic N) is 1. The van der Waals surface area contributed by atoms with E-state index in [1.54, 1.807) is 13.8 Å². The molecule has 0 saturated carbocycles. The Kier molecular flexibility index (Phi) is 5.47. The first-order chi connectivity index (χ1) is 8.39. The number of rotatable bonds is 5. The molecule has 18 heavy (non-hydrogen) atoms. The quantitative estimate of drug-likeness (QED) is 0.776. The second kappa shape index (κ2) is 6.43. The van der Waals surface area contributed by atoms with Gasteiger partial charge in [0.05, 0.1) is 0 Å². The first-order valence-electron chi connectivity index (χ1n) is 6.24. The van der Waals surface area contributed by atoms with Crippen LogP contribution in [-0.4, -0.2) is 58.1 Å². The van der Waals surface area contributed by atoms with Crippen LogP contribution >= 0.6 is 11.8 Å². The Bertz CT molecular complexity index is 314. The van der Waals surface area contributed by atoms with Gasteiger partial charge in [-0.05, 0) is 20.8 Å². The van der Waals surface area contributed by atoms with Gasteiger partial charge in [-0.15, -0.1) is 0 Å². The highest BCUT2D eigenvalue weighted by Gasteiger charge is 2.37. The van der Waals surface area contributed by atoms with E-state index >= 15 is 0 Å². The zero-order chi connectivity index (χ0) is 13.8. The Morgan fingerprint density at radius 3 is 2.61 bits per heavy atom. The Morgan fingerprint density at radius 1 is 1.50 bits per heavy atom. The molecule has 1 rings (SSSR count). The van der Waals surface area contributed by atoms with E-state index in [4.69, 9.17) is 0 Å². The molecule has 1 aliphatic rings. The summed E-state index contributed by atoms with van der Waals surface area (Å²) in [5, 5.41) is 12.5. The molecule has 0 aliphatic carbocycles. The zero-order valence-electron chi connectivity index (χ0n) is 11.2. The van der Waals surface area contributed by atoms with Gasteiger partial charge in [0.1, 0.15) is 5.54 Å². The predicted octanol–water partition coefficient (Wildman–Crippen LogP) is 0.793. The van der Waals surface area contributed by atoms with Crippen LogP contribution in [0.5, 0.6) is 0 Å². The first kappa shape index (κ1) is 15.3. The lowest BCUT2D eigenvalue weighted by Gasteiger charge is -2.35. The number of amides is 1. The molecule has 1 amide bonds. The molecule has 1 unspecified atom stereocenters. The van der Waals surface area contributed by atoms with Crippen LogP contribution in [0, 0.1) is 0 Å². The van der Waals surface area contributed by atoms with E-state index in [-0.39, 0.29) is 11.9 Å². The van der Waals surface area contributed by atoms with Gasteiger partial charge in [0, 0.05) is 37.1 Å². The van der Waals surface area contributed by atoms with Gasteiger partial charge < -0.3 is 15.3 Å².